The summed E-state index contributed by atoms with van der Waals surface area (Å²) in [4.78, 5) is 13.8. The lowest BCUT2D eigenvalue weighted by molar-refractivity contribution is 0.0255. The zero-order chi connectivity index (χ0) is 29.4. The van der Waals surface area contributed by atoms with Crippen LogP contribution in [0.2, 0.25) is 0 Å². The number of esters is 1. The largest absolute Gasteiger partial charge is 0.440 e. The number of hydrogen-bond donors (Lipinski definition) is 0. The number of carbonyl (C=O) groups excluding carboxylic acids is 1. The maximum Gasteiger partial charge on any atom is 0.340 e. The second kappa shape index (κ2) is 11.5. The molecule has 2 aromatic heterocycles. The normalized spacial score (nSPS) is 17.2. The molecule has 3 aromatic carbocycles. The van der Waals surface area contributed by atoms with E-state index in [4.69, 9.17) is 4.74 Å². The predicted molar refractivity (Wildman–Crippen MR) is 173 cm³/mol. The maximum absolute atomic E-state index is 13.8. The minimum Gasteiger partial charge on any atom is -0.440 e. The van der Waals surface area contributed by atoms with Gasteiger partial charge in [0.2, 0.25) is 0 Å². The number of aryl methyl sites for hydroxylation is 1. The Morgan fingerprint density at radius 3 is 1.95 bits per heavy atom. The Balaban J connectivity index is 1.71. The fourth-order valence-corrected chi connectivity index (χ4v) is 7.48. The number of carbonyl (C=O) groups is 1. The van der Waals surface area contributed by atoms with Gasteiger partial charge in [0.15, 0.2) is 5.60 Å². The molecule has 218 valence electrons. The van der Waals surface area contributed by atoms with Gasteiger partial charge in [0, 0.05) is 63.0 Å². The molecule has 1 aliphatic heterocycles. The second-order valence-corrected chi connectivity index (χ2v) is 12.1. The molecule has 2 atom stereocenters. The first-order valence-electron chi connectivity index (χ1n) is 16.0. The fraction of sp³-hybridized carbons (Fsp3) is 0.395. The number of hydrogen-bond acceptors (Lipinski definition) is 2. The van der Waals surface area contributed by atoms with E-state index < -0.39 is 5.60 Å². The first kappa shape index (κ1) is 28.3. The quantitative estimate of drug-likeness (QED) is 0.151. The van der Waals surface area contributed by atoms with E-state index in [2.05, 4.69) is 98.4 Å². The number of rotatable bonds is 11. The smallest absolute Gasteiger partial charge is 0.340 e. The lowest BCUT2D eigenvalue weighted by atomic mass is 9.77. The minimum absolute atomic E-state index is 0.249. The van der Waals surface area contributed by atoms with E-state index >= 15 is 0 Å². The fourth-order valence-electron chi connectivity index (χ4n) is 7.48. The van der Waals surface area contributed by atoms with E-state index in [-0.39, 0.29) is 5.97 Å². The van der Waals surface area contributed by atoms with Crippen LogP contribution in [0.3, 0.4) is 0 Å². The van der Waals surface area contributed by atoms with Crippen molar-refractivity contribution in [1.82, 2.24) is 9.13 Å². The van der Waals surface area contributed by atoms with E-state index in [0.717, 1.165) is 59.8 Å². The summed E-state index contributed by atoms with van der Waals surface area (Å²) in [5, 5.41) is 2.32. The molecule has 0 bridgehead atoms. The van der Waals surface area contributed by atoms with E-state index in [0.29, 0.717) is 11.5 Å². The summed E-state index contributed by atoms with van der Waals surface area (Å²) < 4.78 is 11.8. The molecule has 0 saturated carbocycles. The van der Waals surface area contributed by atoms with Crippen LogP contribution >= 0.6 is 0 Å². The van der Waals surface area contributed by atoms with Crippen LogP contribution in [-0.4, -0.2) is 15.1 Å². The predicted octanol–water partition coefficient (Wildman–Crippen LogP) is 9.69. The van der Waals surface area contributed by atoms with Crippen LogP contribution in [0.4, 0.5) is 0 Å². The number of fused-ring (bicyclic) bond motifs is 3. The van der Waals surface area contributed by atoms with Crippen molar-refractivity contribution in [2.24, 2.45) is 5.92 Å². The Bertz CT molecular complexity index is 1760. The summed E-state index contributed by atoms with van der Waals surface area (Å²) >= 11 is 0. The summed E-state index contributed by atoms with van der Waals surface area (Å²) in [5.41, 5.74) is 7.51. The molecule has 6 rings (SSSR count). The lowest BCUT2D eigenvalue weighted by Crippen LogP contribution is -2.31. The number of benzene rings is 3. The second-order valence-electron chi connectivity index (χ2n) is 12.1. The number of para-hydroxylation sites is 2. The van der Waals surface area contributed by atoms with Crippen molar-refractivity contribution in [3.8, 4) is 0 Å². The molecule has 0 radical (unpaired) electrons. The van der Waals surface area contributed by atoms with Crippen LogP contribution in [0.25, 0.3) is 21.8 Å². The summed E-state index contributed by atoms with van der Waals surface area (Å²) in [5.74, 6) is 0.348. The average molecular weight is 561 g/mol. The minimum atomic E-state index is -1.05. The van der Waals surface area contributed by atoms with Crippen LogP contribution in [0.5, 0.6) is 0 Å². The Kier molecular flexibility index (Phi) is 7.74. The van der Waals surface area contributed by atoms with Gasteiger partial charge in [0.25, 0.3) is 0 Å². The van der Waals surface area contributed by atoms with Crippen LogP contribution in [0.1, 0.15) is 97.7 Å². The highest BCUT2D eigenvalue weighted by molar-refractivity contribution is 6.01. The molecule has 0 N–H and O–H groups in total. The Labute approximate surface area is 250 Å². The van der Waals surface area contributed by atoms with Gasteiger partial charge >= 0.3 is 5.97 Å². The number of ether oxygens (including phenoxy) is 1. The molecule has 2 unspecified atom stereocenters. The summed E-state index contributed by atoms with van der Waals surface area (Å²) in [7, 11) is 0. The molecule has 0 saturated heterocycles. The van der Waals surface area contributed by atoms with E-state index in [1.165, 1.54) is 41.7 Å². The monoisotopic (exact) mass is 560 g/mol. The summed E-state index contributed by atoms with van der Waals surface area (Å²) in [6, 6.07) is 25.4. The van der Waals surface area contributed by atoms with E-state index in [1.54, 1.807) is 0 Å². The Hall–Kier alpha value is -3.79. The van der Waals surface area contributed by atoms with E-state index in [9.17, 15) is 4.79 Å². The molecule has 42 heavy (non-hydrogen) atoms. The van der Waals surface area contributed by atoms with Crippen molar-refractivity contribution in [3.05, 3.63) is 106 Å². The number of cyclic esters (lactones) is 1. The van der Waals surface area contributed by atoms with Gasteiger partial charge in [-0.05, 0) is 50.8 Å². The molecule has 4 nitrogen and oxygen atoms in total. The van der Waals surface area contributed by atoms with Gasteiger partial charge in [0.1, 0.15) is 0 Å². The van der Waals surface area contributed by atoms with Crippen LogP contribution in [0, 0.1) is 19.8 Å². The molecule has 0 amide bonds. The first-order valence-corrected chi connectivity index (χ1v) is 16.0. The van der Waals surface area contributed by atoms with Crippen LogP contribution in [0.15, 0.2) is 72.8 Å². The van der Waals surface area contributed by atoms with Crippen molar-refractivity contribution in [1.29, 1.82) is 0 Å². The van der Waals surface area contributed by atoms with Crippen molar-refractivity contribution in [2.75, 3.05) is 0 Å². The topological polar surface area (TPSA) is 36.2 Å². The number of aromatic nitrogens is 2. The van der Waals surface area contributed by atoms with E-state index in [1.807, 2.05) is 18.2 Å². The van der Waals surface area contributed by atoms with Crippen LogP contribution < -0.4 is 0 Å². The summed E-state index contributed by atoms with van der Waals surface area (Å²) in [6.45, 7) is 13.2. The maximum atomic E-state index is 13.8. The summed E-state index contributed by atoms with van der Waals surface area (Å²) in [6.07, 6.45) is 7.04. The van der Waals surface area contributed by atoms with Crippen molar-refractivity contribution >= 4 is 27.8 Å². The number of unbranched alkanes of at least 4 members (excludes halogenated alkanes) is 2. The van der Waals surface area contributed by atoms with Gasteiger partial charge in [-0.1, -0.05) is 101 Å². The van der Waals surface area contributed by atoms with Gasteiger partial charge in [0.05, 0.1) is 5.56 Å². The molecule has 1 aliphatic rings. The molecule has 3 heterocycles. The first-order chi connectivity index (χ1) is 20.5. The highest BCUT2D eigenvalue weighted by atomic mass is 16.6. The number of nitrogens with zero attached hydrogens (tertiary/aromatic N) is 2. The standard InChI is InChI=1S/C38H44N2O2/c1-6-9-17-28(8-3)25-40-27(5)36(31-20-13-16-23-34(31)40)38(32-21-14-11-18-29(32)37(41)42-38)35-26(4)39(24-10-7-2)33-22-15-12-19-30(33)35/h11-16,18-23,28H,6-10,17,24-25H2,1-5H3. The van der Waals surface area contributed by atoms with Gasteiger partial charge in [-0.2, -0.15) is 0 Å². The van der Waals surface area contributed by atoms with Gasteiger partial charge in [-0.15, -0.1) is 0 Å². The van der Waals surface area contributed by atoms with Crippen molar-refractivity contribution in [3.63, 3.8) is 0 Å². The lowest BCUT2D eigenvalue weighted by Gasteiger charge is -2.31. The molecular formula is C38H44N2O2. The highest BCUT2D eigenvalue weighted by Crippen LogP contribution is 2.54. The zero-order valence-corrected chi connectivity index (χ0v) is 25.9. The highest BCUT2D eigenvalue weighted by Gasteiger charge is 2.53. The third-order valence-corrected chi connectivity index (χ3v) is 9.66. The molecule has 0 fully saturated rings. The Morgan fingerprint density at radius 1 is 0.738 bits per heavy atom. The molecule has 5 aromatic rings. The van der Waals surface area contributed by atoms with Gasteiger partial charge in [-0.25, -0.2) is 4.79 Å². The average Bonchev–Trinajstić information content (AvgIpc) is 3.58. The SMILES string of the molecule is CCCCC(CC)Cn1c(C)c(C2(c3c(C)n(CCCC)c4ccccc34)OC(=O)c3ccccc32)c2ccccc21. The third kappa shape index (κ3) is 4.30. The molecule has 4 heteroatoms. The van der Waals surface area contributed by atoms with Gasteiger partial charge in [-0.3, -0.25) is 0 Å². The van der Waals surface area contributed by atoms with Crippen molar-refractivity contribution < 1.29 is 9.53 Å². The molecule has 0 aliphatic carbocycles. The third-order valence-electron chi connectivity index (χ3n) is 9.66. The molecule has 0 spiro atoms. The Morgan fingerprint density at radius 2 is 1.31 bits per heavy atom. The van der Waals surface area contributed by atoms with Gasteiger partial charge < -0.3 is 13.9 Å². The van der Waals surface area contributed by atoms with Crippen LogP contribution in [-0.2, 0) is 23.4 Å². The molecular weight excluding hydrogens is 516 g/mol. The zero-order valence-electron chi connectivity index (χ0n) is 25.9. The van der Waals surface area contributed by atoms with Crippen molar-refractivity contribution in [2.45, 2.75) is 91.8 Å².